The predicted octanol–water partition coefficient (Wildman–Crippen LogP) is 5.90. The van der Waals surface area contributed by atoms with Crippen molar-refractivity contribution in [3.63, 3.8) is 0 Å². The molecule has 4 atom stereocenters. The third-order valence-corrected chi connectivity index (χ3v) is 6.56. The van der Waals surface area contributed by atoms with Gasteiger partial charge in [-0.1, -0.05) is 40.0 Å². The third kappa shape index (κ3) is 3.93. The van der Waals surface area contributed by atoms with Gasteiger partial charge in [0.25, 0.3) is 0 Å². The fraction of sp³-hybridized carbons (Fsp3) is 0.652. The third-order valence-electron chi connectivity index (χ3n) is 6.56. The minimum atomic E-state index is 0.436. The Bertz CT molecular complexity index is 720. The first-order valence-corrected chi connectivity index (χ1v) is 10.4. The van der Waals surface area contributed by atoms with Crippen LogP contribution in [0.3, 0.4) is 0 Å². The van der Waals surface area contributed by atoms with Crippen LogP contribution in [0.4, 0.5) is 0 Å². The van der Waals surface area contributed by atoms with Crippen LogP contribution >= 0.6 is 0 Å². The molecule has 1 aromatic carbocycles. The van der Waals surface area contributed by atoms with E-state index in [1.807, 2.05) is 12.1 Å². The van der Waals surface area contributed by atoms with Gasteiger partial charge in [0.15, 0.2) is 0 Å². The van der Waals surface area contributed by atoms with Crippen molar-refractivity contribution in [1.82, 2.24) is 0 Å². The second-order valence-corrected chi connectivity index (χ2v) is 8.31. The van der Waals surface area contributed by atoms with Crippen LogP contribution in [0.15, 0.2) is 22.6 Å². The SMILES string of the molecule is CCC1CC(CC(C)c2oc3cc(OC)ccc3c2CCN)CCC1C. The van der Waals surface area contributed by atoms with E-state index in [0.29, 0.717) is 12.5 Å². The van der Waals surface area contributed by atoms with Gasteiger partial charge in [-0.3, -0.25) is 0 Å². The standard InChI is InChI=1S/C23H35NO2/c1-5-18-13-17(7-6-15(18)2)12-16(3)23-21(10-11-24)20-9-8-19(25-4)14-22(20)26-23/h8-9,14-18H,5-7,10-13,24H2,1-4H3. The van der Waals surface area contributed by atoms with Crippen molar-refractivity contribution in [3.05, 3.63) is 29.5 Å². The Balaban J connectivity index is 1.82. The molecule has 0 radical (unpaired) electrons. The first kappa shape index (κ1) is 19.3. The Morgan fingerprint density at radius 3 is 2.81 bits per heavy atom. The van der Waals surface area contributed by atoms with Crippen LogP contribution in [0.1, 0.15) is 70.1 Å². The molecule has 2 aromatic rings. The molecule has 144 valence electrons. The average Bonchev–Trinajstić information content (AvgIpc) is 3.01. The van der Waals surface area contributed by atoms with Crippen molar-refractivity contribution >= 4 is 11.0 Å². The van der Waals surface area contributed by atoms with E-state index in [-0.39, 0.29) is 0 Å². The lowest BCUT2D eigenvalue weighted by Gasteiger charge is -2.34. The maximum absolute atomic E-state index is 6.34. The summed E-state index contributed by atoms with van der Waals surface area (Å²) in [6.07, 6.45) is 7.53. The van der Waals surface area contributed by atoms with E-state index in [0.717, 1.165) is 41.3 Å². The highest BCUT2D eigenvalue weighted by atomic mass is 16.5. The number of ether oxygens (including phenoxy) is 1. The number of hydrogen-bond acceptors (Lipinski definition) is 3. The number of methoxy groups -OCH3 is 1. The molecule has 1 aromatic heterocycles. The van der Waals surface area contributed by atoms with Crippen molar-refractivity contribution in [2.45, 2.75) is 65.2 Å². The lowest BCUT2D eigenvalue weighted by molar-refractivity contribution is 0.173. The number of rotatable bonds is 7. The Kier molecular flexibility index (Phi) is 6.29. The molecule has 3 heteroatoms. The molecule has 0 aliphatic heterocycles. The highest BCUT2D eigenvalue weighted by molar-refractivity contribution is 5.83. The number of hydrogen-bond donors (Lipinski definition) is 1. The van der Waals surface area contributed by atoms with E-state index < -0.39 is 0 Å². The van der Waals surface area contributed by atoms with Crippen LogP contribution in [-0.2, 0) is 6.42 Å². The van der Waals surface area contributed by atoms with Gasteiger partial charge in [-0.15, -0.1) is 0 Å². The molecule has 1 aliphatic carbocycles. The minimum Gasteiger partial charge on any atom is -0.497 e. The summed E-state index contributed by atoms with van der Waals surface area (Å²) in [4.78, 5) is 0. The van der Waals surface area contributed by atoms with E-state index in [4.69, 9.17) is 14.9 Å². The Morgan fingerprint density at radius 1 is 1.31 bits per heavy atom. The van der Waals surface area contributed by atoms with E-state index in [1.165, 1.54) is 43.1 Å². The summed E-state index contributed by atoms with van der Waals surface area (Å²) in [5.74, 6) is 5.02. The van der Waals surface area contributed by atoms with Crippen LogP contribution in [-0.4, -0.2) is 13.7 Å². The molecule has 1 aliphatic rings. The van der Waals surface area contributed by atoms with Crippen molar-refractivity contribution in [2.75, 3.05) is 13.7 Å². The molecule has 0 bridgehead atoms. The molecule has 0 amide bonds. The molecule has 1 saturated carbocycles. The summed E-state index contributed by atoms with van der Waals surface area (Å²) in [7, 11) is 1.70. The Labute approximate surface area is 158 Å². The van der Waals surface area contributed by atoms with Gasteiger partial charge in [-0.25, -0.2) is 0 Å². The van der Waals surface area contributed by atoms with Crippen LogP contribution in [0.5, 0.6) is 5.75 Å². The van der Waals surface area contributed by atoms with E-state index in [2.05, 4.69) is 26.8 Å². The van der Waals surface area contributed by atoms with E-state index >= 15 is 0 Å². The van der Waals surface area contributed by atoms with Crippen LogP contribution < -0.4 is 10.5 Å². The zero-order valence-corrected chi connectivity index (χ0v) is 16.9. The predicted molar refractivity (Wildman–Crippen MR) is 109 cm³/mol. The summed E-state index contributed by atoms with van der Waals surface area (Å²) in [6.45, 7) is 7.76. The molecule has 4 unspecified atom stereocenters. The molecular weight excluding hydrogens is 322 g/mol. The average molecular weight is 358 g/mol. The summed E-state index contributed by atoms with van der Waals surface area (Å²) in [5, 5.41) is 1.20. The summed E-state index contributed by atoms with van der Waals surface area (Å²) < 4.78 is 11.7. The quantitative estimate of drug-likeness (QED) is 0.671. The molecule has 2 N–H and O–H groups in total. The molecule has 26 heavy (non-hydrogen) atoms. The van der Waals surface area contributed by atoms with Crippen LogP contribution in [0.25, 0.3) is 11.0 Å². The smallest absolute Gasteiger partial charge is 0.138 e. The maximum Gasteiger partial charge on any atom is 0.138 e. The Hall–Kier alpha value is -1.48. The lowest BCUT2D eigenvalue weighted by atomic mass is 9.71. The monoisotopic (exact) mass is 357 g/mol. The summed E-state index contributed by atoms with van der Waals surface area (Å²) in [5.41, 5.74) is 8.13. The molecule has 0 spiro atoms. The van der Waals surface area contributed by atoms with Gasteiger partial charge in [0.05, 0.1) is 7.11 Å². The second-order valence-electron chi connectivity index (χ2n) is 8.31. The van der Waals surface area contributed by atoms with Gasteiger partial charge in [0.1, 0.15) is 17.1 Å². The van der Waals surface area contributed by atoms with Crippen molar-refractivity contribution in [2.24, 2.45) is 23.5 Å². The van der Waals surface area contributed by atoms with Gasteiger partial charge in [-0.2, -0.15) is 0 Å². The van der Waals surface area contributed by atoms with Crippen molar-refractivity contribution < 1.29 is 9.15 Å². The number of fused-ring (bicyclic) bond motifs is 1. The highest BCUT2D eigenvalue weighted by Gasteiger charge is 2.29. The second kappa shape index (κ2) is 8.47. The topological polar surface area (TPSA) is 48.4 Å². The highest BCUT2D eigenvalue weighted by Crippen LogP contribution is 2.42. The minimum absolute atomic E-state index is 0.436. The number of furan rings is 1. The first-order valence-electron chi connectivity index (χ1n) is 10.4. The molecule has 3 rings (SSSR count). The molecule has 3 nitrogen and oxygen atoms in total. The first-order chi connectivity index (χ1) is 12.6. The fourth-order valence-electron chi connectivity index (χ4n) is 4.98. The van der Waals surface area contributed by atoms with Crippen LogP contribution in [0.2, 0.25) is 0 Å². The van der Waals surface area contributed by atoms with Gasteiger partial charge in [-0.05, 0) is 55.7 Å². The van der Waals surface area contributed by atoms with E-state index in [1.54, 1.807) is 7.11 Å². The molecular formula is C23H35NO2. The van der Waals surface area contributed by atoms with E-state index in [9.17, 15) is 0 Å². The molecule has 1 fully saturated rings. The Morgan fingerprint density at radius 2 is 2.12 bits per heavy atom. The number of benzene rings is 1. The molecule has 1 heterocycles. The lowest BCUT2D eigenvalue weighted by Crippen LogP contribution is -2.23. The molecule has 0 saturated heterocycles. The summed E-state index contributed by atoms with van der Waals surface area (Å²) in [6, 6.07) is 6.13. The summed E-state index contributed by atoms with van der Waals surface area (Å²) >= 11 is 0. The fourth-order valence-corrected chi connectivity index (χ4v) is 4.98. The largest absolute Gasteiger partial charge is 0.497 e. The zero-order chi connectivity index (χ0) is 18.7. The van der Waals surface area contributed by atoms with Gasteiger partial charge < -0.3 is 14.9 Å². The van der Waals surface area contributed by atoms with Crippen molar-refractivity contribution in [3.8, 4) is 5.75 Å². The van der Waals surface area contributed by atoms with Gasteiger partial charge in [0.2, 0.25) is 0 Å². The van der Waals surface area contributed by atoms with Crippen molar-refractivity contribution in [1.29, 1.82) is 0 Å². The maximum atomic E-state index is 6.34. The van der Waals surface area contributed by atoms with Gasteiger partial charge >= 0.3 is 0 Å². The zero-order valence-electron chi connectivity index (χ0n) is 16.9. The van der Waals surface area contributed by atoms with Crippen LogP contribution in [0, 0.1) is 17.8 Å². The number of nitrogens with two attached hydrogens (primary N) is 1. The van der Waals surface area contributed by atoms with Gasteiger partial charge in [0, 0.05) is 22.9 Å². The normalized spacial score (nSPS) is 24.7.